The predicted octanol–water partition coefficient (Wildman–Crippen LogP) is 2.26. The smallest absolute Gasteiger partial charge is 0.0500 e. The van der Waals surface area contributed by atoms with Crippen LogP contribution in [0.1, 0.15) is 38.5 Å². The highest BCUT2D eigenvalue weighted by atomic mass is 16.5. The molecule has 1 N–H and O–H groups in total. The van der Waals surface area contributed by atoms with E-state index in [4.69, 9.17) is 4.74 Å². The molecule has 0 aromatic rings. The SMILES string of the molecule is C1=C(\CC23CNC(C2)C3)CCCOCC/1. The number of nitrogens with one attached hydrogen (secondary N) is 1. The van der Waals surface area contributed by atoms with E-state index in [1.54, 1.807) is 5.57 Å². The lowest BCUT2D eigenvalue weighted by Gasteiger charge is -2.38. The lowest BCUT2D eigenvalue weighted by molar-refractivity contribution is 0.130. The Morgan fingerprint density at radius 2 is 2.33 bits per heavy atom. The number of ether oxygens (including phenoxy) is 1. The summed E-state index contributed by atoms with van der Waals surface area (Å²) in [6, 6.07) is 0.863. The number of fused-ring (bicyclic) bond motifs is 1. The van der Waals surface area contributed by atoms with Crippen molar-refractivity contribution < 1.29 is 4.74 Å². The molecule has 1 aliphatic carbocycles. The van der Waals surface area contributed by atoms with Gasteiger partial charge in [0.25, 0.3) is 0 Å². The summed E-state index contributed by atoms with van der Waals surface area (Å²) in [4.78, 5) is 0. The van der Waals surface area contributed by atoms with Crippen LogP contribution in [0.5, 0.6) is 0 Å². The summed E-state index contributed by atoms with van der Waals surface area (Å²) < 4.78 is 5.47. The van der Waals surface area contributed by atoms with E-state index in [0.717, 1.165) is 25.7 Å². The van der Waals surface area contributed by atoms with E-state index in [2.05, 4.69) is 11.4 Å². The van der Waals surface area contributed by atoms with Crippen LogP contribution in [0, 0.1) is 5.41 Å². The van der Waals surface area contributed by atoms with Gasteiger partial charge in [-0.3, -0.25) is 0 Å². The Balaban J connectivity index is 1.61. The average Bonchev–Trinajstić information content (AvgIpc) is 2.68. The Hall–Kier alpha value is -0.340. The Morgan fingerprint density at radius 3 is 3.13 bits per heavy atom. The van der Waals surface area contributed by atoms with Gasteiger partial charge in [0.05, 0.1) is 6.61 Å². The summed E-state index contributed by atoms with van der Waals surface area (Å²) in [7, 11) is 0. The van der Waals surface area contributed by atoms with E-state index in [0.29, 0.717) is 5.41 Å². The highest BCUT2D eigenvalue weighted by Gasteiger charge is 2.49. The van der Waals surface area contributed by atoms with Gasteiger partial charge in [-0.05, 0) is 43.9 Å². The molecular weight excluding hydrogens is 186 g/mol. The van der Waals surface area contributed by atoms with Crippen molar-refractivity contribution in [1.82, 2.24) is 5.32 Å². The first-order chi connectivity index (χ1) is 7.36. The predicted molar refractivity (Wildman–Crippen MR) is 60.8 cm³/mol. The Morgan fingerprint density at radius 1 is 1.40 bits per heavy atom. The molecule has 3 heterocycles. The maximum absolute atomic E-state index is 5.47. The fourth-order valence-electron chi connectivity index (χ4n) is 3.44. The molecule has 0 aromatic heterocycles. The molecule has 0 atom stereocenters. The van der Waals surface area contributed by atoms with Gasteiger partial charge in [-0.2, -0.15) is 0 Å². The van der Waals surface area contributed by atoms with Gasteiger partial charge in [-0.25, -0.2) is 0 Å². The Kier molecular flexibility index (Phi) is 2.57. The topological polar surface area (TPSA) is 21.3 Å². The molecule has 2 nitrogen and oxygen atoms in total. The standard InChI is InChI=1S/C13H21NO/c1-3-11(4-2-6-15-5-1)7-13-8-12(9-13)14-10-13/h3,12,14H,1-2,4-10H2/b11-3-. The zero-order chi connectivity index (χ0) is 10.1. The fourth-order valence-corrected chi connectivity index (χ4v) is 3.44. The van der Waals surface area contributed by atoms with Crippen LogP contribution < -0.4 is 5.32 Å². The van der Waals surface area contributed by atoms with Crippen LogP contribution in [0.3, 0.4) is 0 Å². The van der Waals surface area contributed by atoms with Gasteiger partial charge in [0, 0.05) is 19.2 Å². The Labute approximate surface area is 92.1 Å². The quantitative estimate of drug-likeness (QED) is 0.701. The molecule has 2 heteroatoms. The van der Waals surface area contributed by atoms with Gasteiger partial charge in [0.2, 0.25) is 0 Å². The number of rotatable bonds is 2. The second kappa shape index (κ2) is 3.91. The molecule has 3 aliphatic heterocycles. The van der Waals surface area contributed by atoms with Gasteiger partial charge in [-0.15, -0.1) is 0 Å². The van der Waals surface area contributed by atoms with Crippen LogP contribution in [-0.4, -0.2) is 25.8 Å². The molecule has 4 rings (SSSR count). The highest BCUT2D eigenvalue weighted by Crippen LogP contribution is 2.50. The number of allylic oxidation sites excluding steroid dienone is 1. The van der Waals surface area contributed by atoms with Crippen molar-refractivity contribution in [3.63, 3.8) is 0 Å². The van der Waals surface area contributed by atoms with Crippen LogP contribution in [-0.2, 0) is 4.74 Å². The van der Waals surface area contributed by atoms with Crippen molar-refractivity contribution in [2.75, 3.05) is 19.8 Å². The van der Waals surface area contributed by atoms with Crippen molar-refractivity contribution in [3.8, 4) is 0 Å². The first-order valence-electron chi connectivity index (χ1n) is 6.35. The minimum absolute atomic E-state index is 0.663. The third-order valence-corrected chi connectivity index (χ3v) is 4.21. The minimum Gasteiger partial charge on any atom is -0.381 e. The molecule has 0 radical (unpaired) electrons. The highest BCUT2D eigenvalue weighted by molar-refractivity contribution is 5.15. The van der Waals surface area contributed by atoms with Gasteiger partial charge in [0.1, 0.15) is 0 Å². The minimum atomic E-state index is 0.663. The third kappa shape index (κ3) is 1.98. The molecule has 84 valence electrons. The molecular formula is C13H21NO. The zero-order valence-electron chi connectivity index (χ0n) is 9.43. The molecule has 0 spiro atoms. The van der Waals surface area contributed by atoms with Crippen LogP contribution >= 0.6 is 0 Å². The van der Waals surface area contributed by atoms with Crippen molar-refractivity contribution in [2.24, 2.45) is 5.41 Å². The van der Waals surface area contributed by atoms with E-state index >= 15 is 0 Å². The Bertz CT molecular complexity index is 260. The summed E-state index contributed by atoms with van der Waals surface area (Å²) in [5.74, 6) is 0. The van der Waals surface area contributed by atoms with Gasteiger partial charge in [-0.1, -0.05) is 11.6 Å². The van der Waals surface area contributed by atoms with Crippen LogP contribution in [0.2, 0.25) is 0 Å². The lowest BCUT2D eigenvalue weighted by atomic mass is 9.66. The summed E-state index contributed by atoms with van der Waals surface area (Å²) in [6.07, 6.45) is 10.3. The monoisotopic (exact) mass is 207 g/mol. The number of hydrogen-bond donors (Lipinski definition) is 1. The molecule has 1 saturated carbocycles. The van der Waals surface area contributed by atoms with E-state index in [1.807, 2.05) is 0 Å². The first-order valence-corrected chi connectivity index (χ1v) is 6.35. The third-order valence-electron chi connectivity index (χ3n) is 4.21. The molecule has 3 fully saturated rings. The zero-order valence-corrected chi connectivity index (χ0v) is 9.43. The normalized spacial score (nSPS) is 43.7. The van der Waals surface area contributed by atoms with Crippen LogP contribution in [0.25, 0.3) is 0 Å². The second-order valence-electron chi connectivity index (χ2n) is 5.53. The summed E-state index contributed by atoms with van der Waals surface area (Å²) >= 11 is 0. The largest absolute Gasteiger partial charge is 0.381 e. The summed E-state index contributed by atoms with van der Waals surface area (Å²) in [5.41, 5.74) is 2.37. The van der Waals surface area contributed by atoms with Crippen LogP contribution in [0.4, 0.5) is 0 Å². The molecule has 4 aliphatic rings. The number of hydrogen-bond acceptors (Lipinski definition) is 2. The second-order valence-corrected chi connectivity index (χ2v) is 5.53. The molecule has 15 heavy (non-hydrogen) atoms. The molecule has 0 unspecified atom stereocenters. The van der Waals surface area contributed by atoms with Gasteiger partial charge in [0.15, 0.2) is 0 Å². The molecule has 2 saturated heterocycles. The fraction of sp³-hybridized carbons (Fsp3) is 0.846. The lowest BCUT2D eigenvalue weighted by Crippen LogP contribution is -2.34. The van der Waals surface area contributed by atoms with Gasteiger partial charge >= 0.3 is 0 Å². The van der Waals surface area contributed by atoms with E-state index in [-0.39, 0.29) is 0 Å². The maximum atomic E-state index is 5.47. The average molecular weight is 207 g/mol. The van der Waals surface area contributed by atoms with E-state index in [9.17, 15) is 0 Å². The van der Waals surface area contributed by atoms with E-state index < -0.39 is 0 Å². The van der Waals surface area contributed by atoms with E-state index in [1.165, 1.54) is 38.6 Å². The van der Waals surface area contributed by atoms with Crippen molar-refractivity contribution >= 4 is 0 Å². The molecule has 2 bridgehead atoms. The van der Waals surface area contributed by atoms with Crippen molar-refractivity contribution in [1.29, 1.82) is 0 Å². The summed E-state index contributed by atoms with van der Waals surface area (Å²) in [6.45, 7) is 3.16. The van der Waals surface area contributed by atoms with Gasteiger partial charge < -0.3 is 10.1 Å². The van der Waals surface area contributed by atoms with Crippen molar-refractivity contribution in [2.45, 2.75) is 44.6 Å². The van der Waals surface area contributed by atoms with Crippen LogP contribution in [0.15, 0.2) is 11.6 Å². The molecule has 0 amide bonds. The first kappa shape index (κ1) is 9.86. The molecule has 0 aromatic carbocycles. The summed E-state index contributed by atoms with van der Waals surface area (Å²) in [5, 5.41) is 3.60. The van der Waals surface area contributed by atoms with Crippen molar-refractivity contribution in [3.05, 3.63) is 11.6 Å². The maximum Gasteiger partial charge on any atom is 0.0500 e.